The topological polar surface area (TPSA) is 93.0 Å². The van der Waals surface area contributed by atoms with Gasteiger partial charge in [-0.3, -0.25) is 14.9 Å². The number of nitro benzene ring substituents is 1. The van der Waals surface area contributed by atoms with Crippen LogP contribution in [0, 0.1) is 16.0 Å². The van der Waals surface area contributed by atoms with Gasteiger partial charge in [0.25, 0.3) is 5.69 Å². The lowest BCUT2D eigenvalue weighted by atomic mass is 10.2. The van der Waals surface area contributed by atoms with E-state index in [1.807, 2.05) is 13.8 Å². The molecule has 0 N–H and O–H groups in total. The minimum Gasteiger partial charge on any atom is -0.449 e. The Balaban J connectivity index is 1.88. The van der Waals surface area contributed by atoms with E-state index in [-0.39, 0.29) is 23.6 Å². The van der Waals surface area contributed by atoms with Crippen molar-refractivity contribution >= 4 is 23.8 Å². The quantitative estimate of drug-likeness (QED) is 0.448. The summed E-state index contributed by atoms with van der Waals surface area (Å²) in [5, 5.41) is 10.7. The maximum Gasteiger partial charge on any atom is 0.409 e. The molecule has 1 fully saturated rings. The van der Waals surface area contributed by atoms with Crippen molar-refractivity contribution in [3.05, 3.63) is 46.0 Å². The molecule has 0 radical (unpaired) electrons. The van der Waals surface area contributed by atoms with E-state index in [1.54, 1.807) is 28.0 Å². The third kappa shape index (κ3) is 6.40. The Hall–Kier alpha value is -2.90. The van der Waals surface area contributed by atoms with Crippen LogP contribution >= 0.6 is 0 Å². The molecule has 1 aromatic carbocycles. The van der Waals surface area contributed by atoms with Crippen molar-refractivity contribution in [2.24, 2.45) is 5.92 Å². The first-order valence-electron chi connectivity index (χ1n) is 9.00. The highest BCUT2D eigenvalue weighted by molar-refractivity contribution is 5.91. The van der Waals surface area contributed by atoms with Gasteiger partial charge in [0, 0.05) is 44.4 Å². The molecule has 8 heteroatoms. The Morgan fingerprint density at radius 2 is 1.78 bits per heavy atom. The fraction of sp³-hybridized carbons (Fsp3) is 0.474. The number of non-ortho nitro benzene ring substituents is 1. The Labute approximate surface area is 158 Å². The maximum atomic E-state index is 12.4. The number of nitrogens with zero attached hydrogens (tertiary/aromatic N) is 3. The molecule has 1 aromatic rings. The standard InChI is InChI=1S/C19H25N3O5/c1-15(2)14-27-19(24)21-11-3-10-20(12-13-21)18(23)9-6-16-4-7-17(8-5-16)22(25)26/h4-9,15H,3,10-14H2,1-2H3/b9-6+. The van der Waals surface area contributed by atoms with Gasteiger partial charge in [0.2, 0.25) is 5.91 Å². The Morgan fingerprint density at radius 1 is 1.15 bits per heavy atom. The average Bonchev–Trinajstić information content (AvgIpc) is 2.90. The van der Waals surface area contributed by atoms with Crippen molar-refractivity contribution in [1.82, 2.24) is 9.80 Å². The fourth-order valence-corrected chi connectivity index (χ4v) is 2.63. The van der Waals surface area contributed by atoms with Crippen LogP contribution in [-0.4, -0.2) is 59.5 Å². The van der Waals surface area contributed by atoms with E-state index in [1.165, 1.54) is 18.2 Å². The van der Waals surface area contributed by atoms with E-state index >= 15 is 0 Å². The minimum atomic E-state index is -0.464. The summed E-state index contributed by atoms with van der Waals surface area (Å²) in [6, 6.07) is 5.99. The number of carbonyl (C=O) groups excluding carboxylic acids is 2. The van der Waals surface area contributed by atoms with Gasteiger partial charge in [-0.05, 0) is 36.1 Å². The molecule has 1 saturated heterocycles. The van der Waals surface area contributed by atoms with Gasteiger partial charge in [-0.2, -0.15) is 0 Å². The van der Waals surface area contributed by atoms with Crippen molar-refractivity contribution in [2.45, 2.75) is 20.3 Å². The number of ether oxygens (including phenoxy) is 1. The first-order valence-corrected chi connectivity index (χ1v) is 9.00. The van der Waals surface area contributed by atoms with Gasteiger partial charge < -0.3 is 14.5 Å². The molecule has 0 saturated carbocycles. The zero-order chi connectivity index (χ0) is 19.8. The van der Waals surface area contributed by atoms with Crippen LogP contribution in [0.15, 0.2) is 30.3 Å². The van der Waals surface area contributed by atoms with Crippen molar-refractivity contribution in [3.63, 3.8) is 0 Å². The molecule has 0 bridgehead atoms. The normalized spacial score (nSPS) is 15.1. The van der Waals surface area contributed by atoms with E-state index < -0.39 is 4.92 Å². The van der Waals surface area contributed by atoms with Crippen molar-refractivity contribution in [2.75, 3.05) is 32.8 Å². The first-order chi connectivity index (χ1) is 12.9. The molecule has 0 aromatic heterocycles. The fourth-order valence-electron chi connectivity index (χ4n) is 2.63. The number of rotatable bonds is 5. The Bertz CT molecular complexity index is 700. The lowest BCUT2D eigenvalue weighted by Gasteiger charge is -2.21. The smallest absolute Gasteiger partial charge is 0.409 e. The van der Waals surface area contributed by atoms with E-state index in [0.717, 1.165) is 0 Å². The minimum absolute atomic E-state index is 0.00967. The molecule has 2 rings (SSSR count). The van der Waals surface area contributed by atoms with Crippen LogP contribution < -0.4 is 0 Å². The monoisotopic (exact) mass is 375 g/mol. The largest absolute Gasteiger partial charge is 0.449 e. The van der Waals surface area contributed by atoms with Gasteiger partial charge in [0.1, 0.15) is 0 Å². The summed E-state index contributed by atoms with van der Waals surface area (Å²) in [6.45, 7) is 6.36. The number of hydrogen-bond acceptors (Lipinski definition) is 5. The van der Waals surface area contributed by atoms with Gasteiger partial charge in [-0.15, -0.1) is 0 Å². The Kier molecular flexibility index (Phi) is 7.34. The summed E-state index contributed by atoms with van der Waals surface area (Å²) in [4.78, 5) is 38.0. The molecule has 1 heterocycles. The van der Waals surface area contributed by atoms with E-state index in [0.29, 0.717) is 44.8 Å². The van der Waals surface area contributed by atoms with Crippen LogP contribution in [0.4, 0.5) is 10.5 Å². The van der Waals surface area contributed by atoms with Crippen LogP contribution in [0.1, 0.15) is 25.8 Å². The number of amides is 2. The molecule has 1 aliphatic heterocycles. The SMILES string of the molecule is CC(C)COC(=O)N1CCCN(C(=O)/C=C/c2ccc([N+](=O)[O-])cc2)CC1. The molecule has 8 nitrogen and oxygen atoms in total. The summed E-state index contributed by atoms with van der Waals surface area (Å²) in [5.74, 6) is 0.134. The van der Waals surface area contributed by atoms with E-state index in [4.69, 9.17) is 4.74 Å². The zero-order valence-corrected chi connectivity index (χ0v) is 15.7. The maximum absolute atomic E-state index is 12.4. The molecule has 0 aliphatic carbocycles. The number of benzene rings is 1. The van der Waals surface area contributed by atoms with Crippen LogP contribution in [0.5, 0.6) is 0 Å². The number of hydrogen-bond donors (Lipinski definition) is 0. The van der Waals surface area contributed by atoms with Crippen LogP contribution in [0.25, 0.3) is 6.08 Å². The molecule has 0 spiro atoms. The predicted molar refractivity (Wildman–Crippen MR) is 101 cm³/mol. The highest BCUT2D eigenvalue weighted by Gasteiger charge is 2.22. The van der Waals surface area contributed by atoms with Gasteiger partial charge in [0.05, 0.1) is 11.5 Å². The molecule has 1 aliphatic rings. The zero-order valence-electron chi connectivity index (χ0n) is 15.7. The van der Waals surface area contributed by atoms with Gasteiger partial charge in [-0.1, -0.05) is 13.8 Å². The molecule has 146 valence electrons. The van der Waals surface area contributed by atoms with Crippen LogP contribution in [0.3, 0.4) is 0 Å². The second kappa shape index (κ2) is 9.70. The highest BCUT2D eigenvalue weighted by atomic mass is 16.6. The lowest BCUT2D eigenvalue weighted by Crippen LogP contribution is -2.37. The highest BCUT2D eigenvalue weighted by Crippen LogP contribution is 2.13. The lowest BCUT2D eigenvalue weighted by molar-refractivity contribution is -0.384. The molecular weight excluding hydrogens is 350 g/mol. The number of carbonyl (C=O) groups is 2. The molecule has 2 amide bonds. The van der Waals surface area contributed by atoms with Crippen molar-refractivity contribution in [3.8, 4) is 0 Å². The Morgan fingerprint density at radius 3 is 2.41 bits per heavy atom. The molecule has 0 unspecified atom stereocenters. The molecular formula is C19H25N3O5. The second-order valence-electron chi connectivity index (χ2n) is 6.82. The summed E-state index contributed by atoms with van der Waals surface area (Å²) in [7, 11) is 0. The van der Waals surface area contributed by atoms with E-state index in [9.17, 15) is 19.7 Å². The second-order valence-corrected chi connectivity index (χ2v) is 6.82. The van der Waals surface area contributed by atoms with Crippen molar-refractivity contribution < 1.29 is 19.2 Å². The summed E-state index contributed by atoms with van der Waals surface area (Å²) < 4.78 is 5.25. The third-order valence-corrected chi connectivity index (χ3v) is 4.13. The average molecular weight is 375 g/mol. The number of nitro groups is 1. The summed E-state index contributed by atoms with van der Waals surface area (Å²) >= 11 is 0. The van der Waals surface area contributed by atoms with Gasteiger partial charge in [-0.25, -0.2) is 4.79 Å². The molecule has 27 heavy (non-hydrogen) atoms. The third-order valence-electron chi connectivity index (χ3n) is 4.13. The van der Waals surface area contributed by atoms with Gasteiger partial charge in [0.15, 0.2) is 0 Å². The van der Waals surface area contributed by atoms with Crippen molar-refractivity contribution in [1.29, 1.82) is 0 Å². The van der Waals surface area contributed by atoms with Crippen LogP contribution in [0.2, 0.25) is 0 Å². The summed E-state index contributed by atoms with van der Waals surface area (Å²) in [6.07, 6.45) is 3.44. The van der Waals surface area contributed by atoms with Crippen LogP contribution in [-0.2, 0) is 9.53 Å². The van der Waals surface area contributed by atoms with Gasteiger partial charge >= 0.3 is 6.09 Å². The molecule has 0 atom stereocenters. The first kappa shape index (κ1) is 20.4. The summed E-state index contributed by atoms with van der Waals surface area (Å²) in [5.41, 5.74) is 0.720. The van der Waals surface area contributed by atoms with E-state index in [2.05, 4.69) is 0 Å². The predicted octanol–water partition coefficient (Wildman–Crippen LogP) is 2.93.